The zero-order chi connectivity index (χ0) is 22.7. The van der Waals surface area contributed by atoms with Gasteiger partial charge in [-0.2, -0.15) is 0 Å². The van der Waals surface area contributed by atoms with Crippen LogP contribution in [0.3, 0.4) is 0 Å². The van der Waals surface area contributed by atoms with Gasteiger partial charge in [0.15, 0.2) is 0 Å². The number of amides is 1. The van der Waals surface area contributed by atoms with Crippen LogP contribution in [0.5, 0.6) is 11.5 Å². The SMILES string of the molecule is CCCOc1cccc(C2C3C(NNC3c3cc(C)ccc3O)C(=O)N2CCCOC)c1. The molecule has 0 bridgehead atoms. The van der Waals surface area contributed by atoms with Crippen molar-refractivity contribution in [1.29, 1.82) is 0 Å². The van der Waals surface area contributed by atoms with Crippen LogP contribution in [0, 0.1) is 12.8 Å². The van der Waals surface area contributed by atoms with Gasteiger partial charge in [0.05, 0.1) is 18.7 Å². The second-order valence-corrected chi connectivity index (χ2v) is 8.63. The minimum atomic E-state index is -0.368. The number of phenolic OH excluding ortho intramolecular Hbond substituents is 1. The molecule has 4 atom stereocenters. The lowest BCUT2D eigenvalue weighted by Crippen LogP contribution is -2.41. The van der Waals surface area contributed by atoms with Gasteiger partial charge in [0, 0.05) is 31.7 Å². The number of phenols is 1. The number of aromatic hydroxyl groups is 1. The third kappa shape index (κ3) is 4.33. The standard InChI is InChI=1S/C25H33N3O4/c1-4-12-32-18-8-5-7-17(15-18)24-21-22(19-14-16(2)9-10-20(19)29)26-27-23(21)25(30)28(24)11-6-13-31-3/h5,7-10,14-15,21-24,26-27,29H,4,6,11-13H2,1-3H3. The van der Waals surface area contributed by atoms with E-state index in [1.807, 2.05) is 42.2 Å². The Kier molecular flexibility index (Phi) is 6.98. The summed E-state index contributed by atoms with van der Waals surface area (Å²) in [7, 11) is 1.68. The summed E-state index contributed by atoms with van der Waals surface area (Å²) in [6, 6.07) is 12.9. The molecule has 4 rings (SSSR count). The molecule has 32 heavy (non-hydrogen) atoms. The second kappa shape index (κ2) is 9.90. The lowest BCUT2D eigenvalue weighted by atomic mass is 9.82. The number of nitrogens with zero attached hydrogens (tertiary/aromatic N) is 1. The fourth-order valence-electron chi connectivity index (χ4n) is 4.93. The molecule has 2 saturated heterocycles. The summed E-state index contributed by atoms with van der Waals surface area (Å²) in [6.45, 7) is 5.94. The molecule has 0 saturated carbocycles. The Morgan fingerprint density at radius 3 is 2.69 bits per heavy atom. The molecule has 172 valence electrons. The fourth-order valence-corrected chi connectivity index (χ4v) is 4.93. The highest BCUT2D eigenvalue weighted by atomic mass is 16.5. The van der Waals surface area contributed by atoms with Crippen LogP contribution in [0.15, 0.2) is 42.5 Å². The third-order valence-corrected chi connectivity index (χ3v) is 6.35. The molecule has 2 aliphatic rings. The van der Waals surface area contributed by atoms with E-state index < -0.39 is 0 Å². The molecule has 2 fully saturated rings. The molecule has 7 nitrogen and oxygen atoms in total. The van der Waals surface area contributed by atoms with Crippen molar-refractivity contribution in [2.24, 2.45) is 5.92 Å². The number of hydrogen-bond acceptors (Lipinski definition) is 6. The summed E-state index contributed by atoms with van der Waals surface area (Å²) in [6.07, 6.45) is 1.69. The van der Waals surface area contributed by atoms with Crippen molar-refractivity contribution in [2.45, 2.75) is 44.8 Å². The number of hydrazine groups is 1. The van der Waals surface area contributed by atoms with Crippen LogP contribution in [0.4, 0.5) is 0 Å². The van der Waals surface area contributed by atoms with Gasteiger partial charge in [0.25, 0.3) is 0 Å². The van der Waals surface area contributed by atoms with Crippen LogP contribution in [0.25, 0.3) is 0 Å². The Hall–Kier alpha value is -2.61. The normalized spacial score (nSPS) is 24.7. The first kappa shape index (κ1) is 22.6. The van der Waals surface area contributed by atoms with Crippen LogP contribution in [-0.4, -0.2) is 48.8 Å². The quantitative estimate of drug-likeness (QED) is 0.521. The summed E-state index contributed by atoms with van der Waals surface area (Å²) < 4.78 is 11.1. The molecule has 0 aromatic heterocycles. The molecular weight excluding hydrogens is 406 g/mol. The predicted octanol–water partition coefficient (Wildman–Crippen LogP) is 3.24. The molecule has 4 unspecified atom stereocenters. The molecule has 2 aromatic rings. The topological polar surface area (TPSA) is 83.1 Å². The van der Waals surface area contributed by atoms with E-state index in [1.165, 1.54) is 0 Å². The van der Waals surface area contributed by atoms with E-state index >= 15 is 0 Å². The highest BCUT2D eigenvalue weighted by molar-refractivity contribution is 5.86. The minimum absolute atomic E-state index is 0.0677. The van der Waals surface area contributed by atoms with Gasteiger partial charge in [0.2, 0.25) is 5.91 Å². The lowest BCUT2D eigenvalue weighted by Gasteiger charge is -2.31. The predicted molar refractivity (Wildman–Crippen MR) is 122 cm³/mol. The van der Waals surface area contributed by atoms with Gasteiger partial charge in [-0.3, -0.25) is 4.79 Å². The van der Waals surface area contributed by atoms with E-state index in [-0.39, 0.29) is 35.7 Å². The first-order chi connectivity index (χ1) is 15.5. The summed E-state index contributed by atoms with van der Waals surface area (Å²) in [5.74, 6) is 1.03. The zero-order valence-corrected chi connectivity index (χ0v) is 19.0. The monoisotopic (exact) mass is 439 g/mol. The maximum absolute atomic E-state index is 13.4. The Morgan fingerprint density at radius 2 is 1.91 bits per heavy atom. The fraction of sp³-hybridized carbons (Fsp3) is 0.480. The molecule has 2 aromatic carbocycles. The number of rotatable bonds is 9. The number of benzene rings is 2. The highest BCUT2D eigenvalue weighted by Crippen LogP contribution is 2.49. The van der Waals surface area contributed by atoms with Gasteiger partial charge < -0.3 is 19.5 Å². The minimum Gasteiger partial charge on any atom is -0.508 e. The van der Waals surface area contributed by atoms with E-state index in [2.05, 4.69) is 23.8 Å². The van der Waals surface area contributed by atoms with Crippen molar-refractivity contribution in [3.63, 3.8) is 0 Å². The van der Waals surface area contributed by atoms with Crippen LogP contribution in [0.1, 0.15) is 48.5 Å². The maximum atomic E-state index is 13.4. The van der Waals surface area contributed by atoms with E-state index in [4.69, 9.17) is 9.47 Å². The number of ether oxygens (including phenoxy) is 2. The Labute approximate surface area is 189 Å². The van der Waals surface area contributed by atoms with Crippen molar-refractivity contribution in [3.05, 3.63) is 59.2 Å². The summed E-state index contributed by atoms with van der Waals surface area (Å²) in [4.78, 5) is 15.4. The lowest BCUT2D eigenvalue weighted by molar-refractivity contribution is -0.131. The van der Waals surface area contributed by atoms with Crippen molar-refractivity contribution >= 4 is 5.91 Å². The Morgan fingerprint density at radius 1 is 1.09 bits per heavy atom. The van der Waals surface area contributed by atoms with Crippen molar-refractivity contribution < 1.29 is 19.4 Å². The first-order valence-corrected chi connectivity index (χ1v) is 11.4. The summed E-state index contributed by atoms with van der Waals surface area (Å²) in [5.41, 5.74) is 9.43. The molecule has 0 radical (unpaired) electrons. The Balaban J connectivity index is 1.73. The van der Waals surface area contributed by atoms with E-state index in [1.54, 1.807) is 13.2 Å². The van der Waals surface area contributed by atoms with Crippen molar-refractivity contribution in [3.8, 4) is 11.5 Å². The molecule has 1 amide bonds. The van der Waals surface area contributed by atoms with Crippen LogP contribution < -0.4 is 15.6 Å². The second-order valence-electron chi connectivity index (χ2n) is 8.63. The number of carbonyl (C=O) groups excluding carboxylic acids is 1. The van der Waals surface area contributed by atoms with E-state index in [0.717, 1.165) is 35.3 Å². The number of carbonyl (C=O) groups is 1. The first-order valence-electron chi connectivity index (χ1n) is 11.4. The van der Waals surface area contributed by atoms with Crippen LogP contribution >= 0.6 is 0 Å². The average molecular weight is 440 g/mol. The molecule has 0 spiro atoms. The van der Waals surface area contributed by atoms with Crippen LogP contribution in [0.2, 0.25) is 0 Å². The number of nitrogens with one attached hydrogen (secondary N) is 2. The highest BCUT2D eigenvalue weighted by Gasteiger charge is 2.55. The third-order valence-electron chi connectivity index (χ3n) is 6.35. The molecule has 2 heterocycles. The van der Waals surface area contributed by atoms with Gasteiger partial charge in [-0.25, -0.2) is 10.9 Å². The molecule has 2 aliphatic heterocycles. The maximum Gasteiger partial charge on any atom is 0.242 e. The number of hydrogen-bond donors (Lipinski definition) is 3. The van der Waals surface area contributed by atoms with Gasteiger partial charge >= 0.3 is 0 Å². The number of fused-ring (bicyclic) bond motifs is 1. The number of aryl methyl sites for hydroxylation is 1. The average Bonchev–Trinajstić information content (AvgIpc) is 3.33. The van der Waals surface area contributed by atoms with E-state index in [0.29, 0.717) is 19.8 Å². The largest absolute Gasteiger partial charge is 0.508 e. The smallest absolute Gasteiger partial charge is 0.242 e. The summed E-state index contributed by atoms with van der Waals surface area (Å²) >= 11 is 0. The molecule has 0 aliphatic carbocycles. The van der Waals surface area contributed by atoms with Gasteiger partial charge in [-0.15, -0.1) is 0 Å². The van der Waals surface area contributed by atoms with Crippen molar-refractivity contribution in [1.82, 2.24) is 15.8 Å². The molecule has 7 heteroatoms. The number of likely N-dealkylation sites (tertiary alicyclic amines) is 1. The van der Waals surface area contributed by atoms with Gasteiger partial charge in [-0.1, -0.05) is 36.8 Å². The molecule has 3 N–H and O–H groups in total. The summed E-state index contributed by atoms with van der Waals surface area (Å²) in [5, 5.41) is 10.6. The van der Waals surface area contributed by atoms with Gasteiger partial charge in [-0.05, 0) is 43.5 Å². The van der Waals surface area contributed by atoms with Crippen LogP contribution in [-0.2, 0) is 9.53 Å². The van der Waals surface area contributed by atoms with Gasteiger partial charge in [0.1, 0.15) is 17.5 Å². The van der Waals surface area contributed by atoms with E-state index in [9.17, 15) is 9.90 Å². The van der Waals surface area contributed by atoms with Crippen molar-refractivity contribution in [2.75, 3.05) is 26.9 Å². The zero-order valence-electron chi connectivity index (χ0n) is 19.0. The number of methoxy groups -OCH3 is 1. The molecular formula is C25H33N3O4. The Bertz CT molecular complexity index is 951.